The van der Waals surface area contributed by atoms with Crippen LogP contribution < -0.4 is 5.32 Å². The van der Waals surface area contributed by atoms with Gasteiger partial charge in [0.2, 0.25) is 0 Å². The number of pyridine rings is 1. The quantitative estimate of drug-likeness (QED) is 0.700. The first-order valence-electron chi connectivity index (χ1n) is 9.52. The van der Waals surface area contributed by atoms with Crippen LogP contribution in [0.15, 0.2) is 23.6 Å². The second-order valence-electron chi connectivity index (χ2n) is 6.95. The highest BCUT2D eigenvalue weighted by molar-refractivity contribution is 7.14. The van der Waals surface area contributed by atoms with Crippen molar-refractivity contribution in [1.82, 2.24) is 19.8 Å². The van der Waals surface area contributed by atoms with E-state index in [2.05, 4.69) is 21.3 Å². The molecule has 0 aliphatic carbocycles. The lowest BCUT2D eigenvalue weighted by Crippen LogP contribution is -2.33. The normalized spacial score (nSPS) is 14.7. The fourth-order valence-electron chi connectivity index (χ4n) is 3.29. The molecule has 3 rings (SSSR count). The van der Waals surface area contributed by atoms with Crippen molar-refractivity contribution in [2.75, 3.05) is 38.5 Å². The fourth-order valence-corrected chi connectivity index (χ4v) is 3.98. The predicted molar refractivity (Wildman–Crippen MR) is 111 cm³/mol. The number of hydrogen-bond acceptors (Lipinski definition) is 8. The fraction of sp³-hybridized carbons (Fsp3) is 0.450. The van der Waals surface area contributed by atoms with E-state index in [4.69, 9.17) is 15.5 Å². The number of amides is 1. The third-order valence-corrected chi connectivity index (χ3v) is 5.69. The van der Waals surface area contributed by atoms with Gasteiger partial charge in [-0.3, -0.25) is 9.69 Å². The summed E-state index contributed by atoms with van der Waals surface area (Å²) in [7, 11) is 1.67. The van der Waals surface area contributed by atoms with E-state index in [0.717, 1.165) is 31.6 Å². The second-order valence-corrected chi connectivity index (χ2v) is 7.81. The van der Waals surface area contributed by atoms with Crippen molar-refractivity contribution in [1.29, 1.82) is 10.5 Å². The van der Waals surface area contributed by atoms with Gasteiger partial charge in [0.05, 0.1) is 25.1 Å². The molecule has 0 radical (unpaired) electrons. The Hall–Kier alpha value is -3.01. The monoisotopic (exact) mass is 409 g/mol. The number of nitrogens with one attached hydrogen (secondary N) is 1. The maximum atomic E-state index is 12.3. The molecule has 9 heteroatoms. The molecule has 0 spiro atoms. The minimum absolute atomic E-state index is 0.199. The lowest BCUT2D eigenvalue weighted by molar-refractivity contribution is 0.0793. The molecule has 1 aliphatic heterocycles. The summed E-state index contributed by atoms with van der Waals surface area (Å²) < 4.78 is 0. The minimum atomic E-state index is -0.199. The van der Waals surface area contributed by atoms with Crippen LogP contribution in [0.5, 0.6) is 0 Å². The standard InChI is InChI=1S/C20H23N7OS/c1-26(10-3-8-21)19(28)17-14-29-20(24-17)25-18-5-2-4-16(23-18)15-6-11-27(12-7-15)13-9-22/h2,4-5,14-15H,3,6-7,10-13H2,1H3,(H,23,24,25). The van der Waals surface area contributed by atoms with E-state index >= 15 is 0 Å². The van der Waals surface area contributed by atoms with Crippen LogP contribution >= 0.6 is 11.3 Å². The van der Waals surface area contributed by atoms with Gasteiger partial charge in [0.15, 0.2) is 5.13 Å². The zero-order chi connectivity index (χ0) is 20.6. The molecule has 1 aliphatic rings. The first-order valence-corrected chi connectivity index (χ1v) is 10.4. The molecule has 0 aromatic carbocycles. The number of anilines is 2. The smallest absolute Gasteiger partial charge is 0.273 e. The Morgan fingerprint density at radius 2 is 2.10 bits per heavy atom. The third kappa shape index (κ3) is 5.50. The van der Waals surface area contributed by atoms with E-state index in [1.165, 1.54) is 16.2 Å². The molecular formula is C20H23N7OS. The van der Waals surface area contributed by atoms with Gasteiger partial charge >= 0.3 is 0 Å². The van der Waals surface area contributed by atoms with Gasteiger partial charge in [-0.05, 0) is 38.1 Å². The van der Waals surface area contributed by atoms with Gasteiger partial charge in [0, 0.05) is 30.6 Å². The van der Waals surface area contributed by atoms with Crippen LogP contribution in [0.25, 0.3) is 0 Å². The molecule has 1 N–H and O–H groups in total. The van der Waals surface area contributed by atoms with Gasteiger partial charge in [0.1, 0.15) is 11.5 Å². The Morgan fingerprint density at radius 3 is 2.83 bits per heavy atom. The molecule has 150 valence electrons. The van der Waals surface area contributed by atoms with Crippen molar-refractivity contribution in [2.45, 2.75) is 25.2 Å². The number of hydrogen-bond donors (Lipinski definition) is 1. The van der Waals surface area contributed by atoms with Crippen molar-refractivity contribution in [3.63, 3.8) is 0 Å². The van der Waals surface area contributed by atoms with Crippen molar-refractivity contribution in [3.05, 3.63) is 35.0 Å². The molecule has 2 aromatic heterocycles. The summed E-state index contributed by atoms with van der Waals surface area (Å²) in [5, 5.41) is 23.0. The van der Waals surface area contributed by atoms with Crippen LogP contribution in [0.4, 0.5) is 10.9 Å². The summed E-state index contributed by atoms with van der Waals surface area (Å²) in [5.74, 6) is 0.887. The molecule has 0 bridgehead atoms. The van der Waals surface area contributed by atoms with E-state index in [0.29, 0.717) is 42.1 Å². The van der Waals surface area contributed by atoms with Gasteiger partial charge in [-0.1, -0.05) is 6.07 Å². The number of thiazole rings is 1. The molecule has 0 atom stereocenters. The summed E-state index contributed by atoms with van der Waals surface area (Å²) in [4.78, 5) is 25.1. The Morgan fingerprint density at radius 1 is 1.31 bits per heavy atom. The molecule has 0 saturated carbocycles. The predicted octanol–water partition coefficient (Wildman–Crippen LogP) is 2.97. The van der Waals surface area contributed by atoms with E-state index < -0.39 is 0 Å². The average molecular weight is 410 g/mol. The Kier molecular flexibility index (Phi) is 7.12. The van der Waals surface area contributed by atoms with Crippen LogP contribution in [0.2, 0.25) is 0 Å². The molecule has 8 nitrogen and oxygen atoms in total. The molecule has 29 heavy (non-hydrogen) atoms. The Balaban J connectivity index is 1.61. The van der Waals surface area contributed by atoms with Gasteiger partial charge in [0.25, 0.3) is 5.91 Å². The van der Waals surface area contributed by atoms with Crippen molar-refractivity contribution < 1.29 is 4.79 Å². The third-order valence-electron chi connectivity index (χ3n) is 4.93. The summed E-state index contributed by atoms with van der Waals surface area (Å²) in [6, 6.07) is 10.1. The highest BCUT2D eigenvalue weighted by Crippen LogP contribution is 2.28. The van der Waals surface area contributed by atoms with E-state index in [1.807, 2.05) is 24.3 Å². The number of rotatable bonds is 7. The maximum absolute atomic E-state index is 12.3. The topological polar surface area (TPSA) is 109 Å². The number of aromatic nitrogens is 2. The van der Waals surface area contributed by atoms with Crippen molar-refractivity contribution in [3.8, 4) is 12.1 Å². The second kappa shape index (κ2) is 9.97. The van der Waals surface area contributed by atoms with Gasteiger partial charge in [-0.15, -0.1) is 11.3 Å². The van der Waals surface area contributed by atoms with E-state index in [1.54, 1.807) is 12.4 Å². The first-order chi connectivity index (χ1) is 14.1. The van der Waals surface area contributed by atoms with Crippen LogP contribution in [-0.4, -0.2) is 58.9 Å². The van der Waals surface area contributed by atoms with E-state index in [-0.39, 0.29) is 5.91 Å². The van der Waals surface area contributed by atoms with E-state index in [9.17, 15) is 4.79 Å². The minimum Gasteiger partial charge on any atom is -0.339 e. The average Bonchev–Trinajstić information content (AvgIpc) is 3.21. The van der Waals surface area contributed by atoms with Gasteiger partial charge < -0.3 is 10.2 Å². The zero-order valence-electron chi connectivity index (χ0n) is 16.3. The highest BCUT2D eigenvalue weighted by Gasteiger charge is 2.21. The van der Waals surface area contributed by atoms with Crippen molar-refractivity contribution in [2.24, 2.45) is 0 Å². The molecule has 1 amide bonds. The molecule has 1 saturated heterocycles. The number of nitrogens with zero attached hydrogens (tertiary/aromatic N) is 6. The van der Waals surface area contributed by atoms with Crippen LogP contribution in [0.3, 0.4) is 0 Å². The van der Waals surface area contributed by atoms with Crippen LogP contribution in [0, 0.1) is 22.7 Å². The summed E-state index contributed by atoms with van der Waals surface area (Å²) in [6.07, 6.45) is 2.27. The van der Waals surface area contributed by atoms with Gasteiger partial charge in [-0.25, -0.2) is 9.97 Å². The van der Waals surface area contributed by atoms with Crippen LogP contribution in [0.1, 0.15) is 41.4 Å². The number of carbonyl (C=O) groups is 1. The molecule has 2 aromatic rings. The number of carbonyl (C=O) groups excluding carboxylic acids is 1. The molecule has 3 heterocycles. The lowest BCUT2D eigenvalue weighted by Gasteiger charge is -2.29. The molecule has 1 fully saturated rings. The summed E-state index contributed by atoms with van der Waals surface area (Å²) >= 11 is 1.35. The Labute approximate surface area is 174 Å². The molecular weight excluding hydrogens is 386 g/mol. The summed E-state index contributed by atoms with van der Waals surface area (Å²) in [6.45, 7) is 2.69. The largest absolute Gasteiger partial charge is 0.339 e. The number of piperidine rings is 1. The SMILES string of the molecule is CN(CCC#N)C(=O)c1csc(Nc2cccc(C3CCN(CC#N)CC3)n2)n1. The maximum Gasteiger partial charge on any atom is 0.273 e. The zero-order valence-corrected chi connectivity index (χ0v) is 17.2. The first kappa shape index (κ1) is 20.7. The highest BCUT2D eigenvalue weighted by atomic mass is 32.1. The van der Waals surface area contributed by atoms with Gasteiger partial charge in [-0.2, -0.15) is 10.5 Å². The Bertz CT molecular complexity index is 921. The number of nitriles is 2. The van der Waals surface area contributed by atoms with Crippen molar-refractivity contribution >= 4 is 28.2 Å². The van der Waals surface area contributed by atoms with Crippen LogP contribution in [-0.2, 0) is 0 Å². The lowest BCUT2D eigenvalue weighted by atomic mass is 9.93. The summed E-state index contributed by atoms with van der Waals surface area (Å²) in [5.41, 5.74) is 1.40. The number of likely N-dealkylation sites (tertiary alicyclic amines) is 1. The molecule has 0 unspecified atom stereocenters.